The highest BCUT2D eigenvalue weighted by Gasteiger charge is 2.25. The molecule has 0 radical (unpaired) electrons. The number of aliphatic hydroxyl groups excluding tert-OH is 1. The normalized spacial score (nSPS) is 32.6. The van der Waals surface area contributed by atoms with Crippen LogP contribution in [0, 0.1) is 11.8 Å². The first-order valence-electron chi connectivity index (χ1n) is 6.46. The van der Waals surface area contributed by atoms with Gasteiger partial charge in [-0.25, -0.2) is 0 Å². The summed E-state index contributed by atoms with van der Waals surface area (Å²) in [5.41, 5.74) is 0. The first kappa shape index (κ1) is 13.0. The molecule has 1 saturated heterocycles. The second-order valence-corrected chi connectivity index (χ2v) is 5.44. The van der Waals surface area contributed by atoms with E-state index in [9.17, 15) is 5.11 Å². The molecule has 0 aromatic rings. The summed E-state index contributed by atoms with van der Waals surface area (Å²) in [5, 5.41) is 10.0. The summed E-state index contributed by atoms with van der Waals surface area (Å²) in [4.78, 5) is 2.46. The third-order valence-corrected chi connectivity index (χ3v) is 3.97. The number of rotatable bonds is 4. The number of piperidine rings is 1. The van der Waals surface area contributed by atoms with Crippen LogP contribution in [0.1, 0.15) is 47.0 Å². The summed E-state index contributed by atoms with van der Waals surface area (Å²) in [5.74, 6) is 1.22. The van der Waals surface area contributed by atoms with Crippen molar-refractivity contribution in [2.45, 2.75) is 59.1 Å². The Morgan fingerprint density at radius 3 is 2.60 bits per heavy atom. The van der Waals surface area contributed by atoms with Crippen molar-refractivity contribution in [3.05, 3.63) is 0 Å². The van der Waals surface area contributed by atoms with Gasteiger partial charge in [0.2, 0.25) is 0 Å². The molecule has 0 saturated carbocycles. The zero-order valence-corrected chi connectivity index (χ0v) is 10.7. The lowest BCUT2D eigenvalue weighted by atomic mass is 9.93. The van der Waals surface area contributed by atoms with Gasteiger partial charge in [0, 0.05) is 19.1 Å². The molecule has 2 heteroatoms. The Balaban J connectivity index is 2.41. The van der Waals surface area contributed by atoms with Crippen molar-refractivity contribution in [1.82, 2.24) is 4.90 Å². The maximum atomic E-state index is 10.0. The zero-order valence-electron chi connectivity index (χ0n) is 10.7. The number of hydrogen-bond donors (Lipinski definition) is 1. The average molecular weight is 213 g/mol. The van der Waals surface area contributed by atoms with Crippen molar-refractivity contribution in [2.24, 2.45) is 11.8 Å². The van der Waals surface area contributed by atoms with E-state index in [1.807, 2.05) is 0 Å². The minimum absolute atomic E-state index is 0.150. The Labute approximate surface area is 94.7 Å². The van der Waals surface area contributed by atoms with Gasteiger partial charge in [0.15, 0.2) is 0 Å². The van der Waals surface area contributed by atoms with Crippen molar-refractivity contribution < 1.29 is 5.11 Å². The molecule has 0 aromatic carbocycles. The molecule has 4 atom stereocenters. The molecule has 1 N–H and O–H groups in total. The predicted octanol–water partition coefficient (Wildman–Crippen LogP) is 2.51. The van der Waals surface area contributed by atoms with Crippen LogP contribution in [-0.4, -0.2) is 35.2 Å². The van der Waals surface area contributed by atoms with Crippen molar-refractivity contribution in [3.8, 4) is 0 Å². The minimum Gasteiger partial charge on any atom is -0.392 e. The highest BCUT2D eigenvalue weighted by atomic mass is 16.3. The van der Waals surface area contributed by atoms with E-state index < -0.39 is 0 Å². The molecule has 15 heavy (non-hydrogen) atoms. The molecule has 4 unspecified atom stereocenters. The molecule has 1 aliphatic heterocycles. The molecule has 2 nitrogen and oxygen atoms in total. The molecule has 0 bridgehead atoms. The molecular weight excluding hydrogens is 186 g/mol. The second kappa shape index (κ2) is 5.86. The Morgan fingerprint density at radius 2 is 2.00 bits per heavy atom. The SMILES string of the molecule is CCC(C)C(O)CN1CC(C)CCC1C. The third-order valence-electron chi connectivity index (χ3n) is 3.97. The van der Waals surface area contributed by atoms with Gasteiger partial charge in [0.25, 0.3) is 0 Å². The molecular formula is C13H27NO. The molecule has 0 aliphatic carbocycles. The van der Waals surface area contributed by atoms with Crippen LogP contribution in [0.3, 0.4) is 0 Å². The van der Waals surface area contributed by atoms with Gasteiger partial charge in [0.1, 0.15) is 0 Å². The quantitative estimate of drug-likeness (QED) is 0.775. The Bertz CT molecular complexity index is 183. The zero-order chi connectivity index (χ0) is 11.4. The summed E-state index contributed by atoms with van der Waals surface area (Å²) in [6.07, 6.45) is 3.55. The molecule has 0 aromatic heterocycles. The summed E-state index contributed by atoms with van der Waals surface area (Å²) in [6.45, 7) is 10.9. The van der Waals surface area contributed by atoms with E-state index in [0.717, 1.165) is 25.4 Å². The monoisotopic (exact) mass is 213 g/mol. The molecule has 1 rings (SSSR count). The van der Waals surface area contributed by atoms with Gasteiger partial charge in [-0.2, -0.15) is 0 Å². The van der Waals surface area contributed by atoms with Crippen LogP contribution in [0.25, 0.3) is 0 Å². The maximum absolute atomic E-state index is 10.0. The number of likely N-dealkylation sites (tertiary alicyclic amines) is 1. The summed E-state index contributed by atoms with van der Waals surface area (Å²) < 4.78 is 0. The van der Waals surface area contributed by atoms with Crippen LogP contribution < -0.4 is 0 Å². The summed E-state index contributed by atoms with van der Waals surface area (Å²) in [6, 6.07) is 0.653. The van der Waals surface area contributed by atoms with Gasteiger partial charge in [-0.15, -0.1) is 0 Å². The first-order valence-corrected chi connectivity index (χ1v) is 6.46. The highest BCUT2D eigenvalue weighted by Crippen LogP contribution is 2.22. The standard InChI is InChI=1S/C13H27NO/c1-5-11(3)13(15)9-14-8-10(2)6-7-12(14)4/h10-13,15H,5-9H2,1-4H3. The second-order valence-electron chi connectivity index (χ2n) is 5.44. The first-order chi connectivity index (χ1) is 7.04. The Hall–Kier alpha value is -0.0800. The molecule has 1 fully saturated rings. The lowest BCUT2D eigenvalue weighted by molar-refractivity contribution is 0.0305. The molecule has 90 valence electrons. The van der Waals surface area contributed by atoms with E-state index >= 15 is 0 Å². The molecule has 0 amide bonds. The average Bonchev–Trinajstić information content (AvgIpc) is 2.22. The van der Waals surface area contributed by atoms with Gasteiger partial charge >= 0.3 is 0 Å². The van der Waals surface area contributed by atoms with Gasteiger partial charge in [-0.3, -0.25) is 4.90 Å². The van der Waals surface area contributed by atoms with Gasteiger partial charge in [-0.05, 0) is 31.6 Å². The van der Waals surface area contributed by atoms with E-state index in [1.165, 1.54) is 12.8 Å². The molecule has 1 heterocycles. The van der Waals surface area contributed by atoms with Crippen molar-refractivity contribution in [3.63, 3.8) is 0 Å². The van der Waals surface area contributed by atoms with E-state index in [0.29, 0.717) is 12.0 Å². The van der Waals surface area contributed by atoms with Crippen molar-refractivity contribution >= 4 is 0 Å². The van der Waals surface area contributed by atoms with Crippen molar-refractivity contribution in [1.29, 1.82) is 0 Å². The number of β-amino-alcohol motifs (C(OH)–C–C–N with tert-alkyl or cyclic N) is 1. The smallest absolute Gasteiger partial charge is 0.0692 e. The van der Waals surface area contributed by atoms with Crippen LogP contribution in [0.2, 0.25) is 0 Å². The van der Waals surface area contributed by atoms with E-state index in [-0.39, 0.29) is 6.10 Å². The summed E-state index contributed by atoms with van der Waals surface area (Å²) >= 11 is 0. The van der Waals surface area contributed by atoms with Gasteiger partial charge < -0.3 is 5.11 Å². The fourth-order valence-corrected chi connectivity index (χ4v) is 2.33. The van der Waals surface area contributed by atoms with E-state index in [4.69, 9.17) is 0 Å². The third kappa shape index (κ3) is 3.76. The van der Waals surface area contributed by atoms with Crippen LogP contribution in [0.4, 0.5) is 0 Å². The highest BCUT2D eigenvalue weighted by molar-refractivity contribution is 4.79. The Kier molecular flexibility index (Phi) is 5.07. The van der Waals surface area contributed by atoms with Crippen LogP contribution in [-0.2, 0) is 0 Å². The van der Waals surface area contributed by atoms with Crippen LogP contribution in [0.5, 0.6) is 0 Å². The maximum Gasteiger partial charge on any atom is 0.0692 e. The summed E-state index contributed by atoms with van der Waals surface area (Å²) in [7, 11) is 0. The number of nitrogens with zero attached hydrogens (tertiary/aromatic N) is 1. The number of hydrogen-bond acceptors (Lipinski definition) is 2. The minimum atomic E-state index is -0.150. The molecule has 0 spiro atoms. The van der Waals surface area contributed by atoms with Crippen LogP contribution in [0.15, 0.2) is 0 Å². The fraction of sp³-hybridized carbons (Fsp3) is 1.00. The lowest BCUT2D eigenvalue weighted by Gasteiger charge is -2.38. The Morgan fingerprint density at radius 1 is 1.33 bits per heavy atom. The van der Waals surface area contributed by atoms with E-state index in [1.54, 1.807) is 0 Å². The van der Waals surface area contributed by atoms with Crippen LogP contribution >= 0.6 is 0 Å². The largest absolute Gasteiger partial charge is 0.392 e. The van der Waals surface area contributed by atoms with E-state index in [2.05, 4.69) is 32.6 Å². The van der Waals surface area contributed by atoms with Gasteiger partial charge in [-0.1, -0.05) is 27.2 Å². The predicted molar refractivity (Wildman–Crippen MR) is 64.9 cm³/mol. The topological polar surface area (TPSA) is 23.5 Å². The van der Waals surface area contributed by atoms with Crippen molar-refractivity contribution in [2.75, 3.05) is 13.1 Å². The fourth-order valence-electron chi connectivity index (χ4n) is 2.33. The lowest BCUT2D eigenvalue weighted by Crippen LogP contribution is -2.46. The van der Waals surface area contributed by atoms with Gasteiger partial charge in [0.05, 0.1) is 6.10 Å². The molecule has 1 aliphatic rings. The number of aliphatic hydroxyl groups is 1.